The van der Waals surface area contributed by atoms with Crippen molar-refractivity contribution in [3.05, 3.63) is 119 Å². The van der Waals surface area contributed by atoms with Gasteiger partial charge in [-0.05, 0) is 0 Å². The van der Waals surface area contributed by atoms with Crippen LogP contribution in [0, 0.1) is 86.3 Å². The molecule has 1 aliphatic rings. The third-order valence-electron chi connectivity index (χ3n) is 8.19. The number of rotatable bonds is 3. The molecule has 0 radical (unpaired) electrons. The third kappa shape index (κ3) is 7.92. The van der Waals surface area contributed by atoms with Gasteiger partial charge in [0.1, 0.15) is 51.6 Å². The Bertz CT molecular complexity index is 2430. The number of halogens is 27. The summed E-state index contributed by atoms with van der Waals surface area (Å²) in [5.74, 6) is -34.8. The van der Waals surface area contributed by atoms with Gasteiger partial charge in [-0.3, -0.25) is 0 Å². The number of nitrogens with zero attached hydrogens (tertiary/aromatic N) is 3. The lowest BCUT2D eigenvalue weighted by Gasteiger charge is -2.19. The monoisotopic (exact) mass is 951 g/mol. The molecule has 4 rings (SSSR count). The van der Waals surface area contributed by atoms with Crippen LogP contribution in [0.25, 0.3) is 16.7 Å². The molecule has 0 N–H and O–H groups in total. The number of hydrogen-bond acceptors (Lipinski definition) is 3. The Balaban J connectivity index is 2.59. The summed E-state index contributed by atoms with van der Waals surface area (Å²) < 4.78 is 384. The smallest absolute Gasteiger partial charge is 0.206 e. The second-order valence-electron chi connectivity index (χ2n) is 11.8. The SMILES string of the molecule is N#CC(=C1C(=C(C#N)c2c(F)c(F)c(C(F)(F)F)c(F)c2C(F)(F)F)C1=C(C#N)c1c(F)c(F)c(C(F)(F)F)c(F)c1C(F)(F)F)c1c(F)c(F)c(C(F)(F)F)c(F)c1C(F)(F)F. The average molecular weight is 951 g/mol. The Morgan fingerprint density at radius 1 is 0.254 bits per heavy atom. The van der Waals surface area contributed by atoms with E-state index in [2.05, 4.69) is 0 Å². The second kappa shape index (κ2) is 15.1. The van der Waals surface area contributed by atoms with Gasteiger partial charge in [0.25, 0.3) is 0 Å². The first-order chi connectivity index (χ1) is 28.3. The second-order valence-corrected chi connectivity index (χ2v) is 11.8. The molecule has 63 heavy (non-hydrogen) atoms. The maximum Gasteiger partial charge on any atom is 0.422 e. The molecule has 1 aliphatic carbocycles. The van der Waals surface area contributed by atoms with Gasteiger partial charge in [0.2, 0.25) is 0 Å². The lowest BCUT2D eigenvalue weighted by Crippen LogP contribution is -2.22. The van der Waals surface area contributed by atoms with Crippen LogP contribution in [0.4, 0.5) is 119 Å². The summed E-state index contributed by atoms with van der Waals surface area (Å²) in [6, 6.07) is 0.605. The van der Waals surface area contributed by atoms with Crippen LogP contribution in [-0.2, 0) is 37.1 Å². The Morgan fingerprint density at radius 2 is 0.413 bits per heavy atom. The average Bonchev–Trinajstić information content (AvgIpc) is 3.78. The molecular weight excluding hydrogens is 951 g/mol. The van der Waals surface area contributed by atoms with Crippen molar-refractivity contribution in [2.45, 2.75) is 37.1 Å². The Labute approximate surface area is 326 Å². The van der Waals surface area contributed by atoms with Gasteiger partial charge in [-0.25, -0.2) is 39.5 Å². The quantitative estimate of drug-likeness (QED) is 0.149. The molecule has 0 spiro atoms. The summed E-state index contributed by atoms with van der Waals surface area (Å²) in [6.07, 6.45) is -40.9. The highest BCUT2D eigenvalue weighted by Crippen LogP contribution is 2.60. The van der Waals surface area contributed by atoms with Crippen molar-refractivity contribution in [3.8, 4) is 18.2 Å². The first-order valence-corrected chi connectivity index (χ1v) is 14.8. The van der Waals surface area contributed by atoms with Crippen LogP contribution < -0.4 is 0 Å². The van der Waals surface area contributed by atoms with E-state index >= 15 is 26.3 Å². The van der Waals surface area contributed by atoms with Crippen LogP contribution in [0.1, 0.15) is 50.1 Å². The molecule has 3 aromatic carbocycles. The van der Waals surface area contributed by atoms with E-state index in [9.17, 15) is 108 Å². The number of allylic oxidation sites excluding steroid dienone is 6. The minimum atomic E-state index is -6.93. The first-order valence-electron chi connectivity index (χ1n) is 14.8. The van der Waals surface area contributed by atoms with Crippen molar-refractivity contribution in [1.82, 2.24) is 0 Å². The molecule has 0 aromatic heterocycles. The fourth-order valence-electron chi connectivity index (χ4n) is 5.88. The predicted octanol–water partition coefficient (Wildman–Crippen LogP) is 13.3. The zero-order valence-corrected chi connectivity index (χ0v) is 28.0. The normalized spacial score (nSPS) is 13.8. The molecular formula is C33F27N3. The molecule has 30 heteroatoms. The van der Waals surface area contributed by atoms with Gasteiger partial charge < -0.3 is 0 Å². The summed E-state index contributed by atoms with van der Waals surface area (Å²) in [4.78, 5) is 0. The van der Waals surface area contributed by atoms with Gasteiger partial charge in [-0.2, -0.15) is 94.8 Å². The minimum Gasteiger partial charge on any atom is -0.206 e. The molecule has 0 heterocycles. The zero-order valence-electron chi connectivity index (χ0n) is 28.0. The lowest BCUT2D eigenvalue weighted by molar-refractivity contribution is -0.151. The number of alkyl halides is 18. The van der Waals surface area contributed by atoms with E-state index in [1.54, 1.807) is 0 Å². The van der Waals surface area contributed by atoms with E-state index in [0.29, 0.717) is 0 Å². The molecule has 1 fully saturated rings. The van der Waals surface area contributed by atoms with Crippen molar-refractivity contribution in [2.24, 2.45) is 0 Å². The van der Waals surface area contributed by atoms with Crippen molar-refractivity contribution in [1.29, 1.82) is 15.8 Å². The largest absolute Gasteiger partial charge is 0.422 e. The van der Waals surface area contributed by atoms with Gasteiger partial charge in [0.05, 0.1) is 16.7 Å². The molecule has 0 amide bonds. The van der Waals surface area contributed by atoms with Crippen LogP contribution >= 0.6 is 0 Å². The van der Waals surface area contributed by atoms with Crippen LogP contribution in [-0.4, -0.2) is 0 Å². The summed E-state index contributed by atoms with van der Waals surface area (Å²) in [7, 11) is 0. The van der Waals surface area contributed by atoms with Crippen LogP contribution in [0.2, 0.25) is 0 Å². The molecule has 0 bridgehead atoms. The molecule has 0 aliphatic heterocycles. The van der Waals surface area contributed by atoms with E-state index in [4.69, 9.17) is 0 Å². The molecule has 3 aromatic rings. The summed E-state index contributed by atoms with van der Waals surface area (Å²) >= 11 is 0. The van der Waals surface area contributed by atoms with Crippen LogP contribution in [0.15, 0.2) is 16.7 Å². The highest BCUT2D eigenvalue weighted by atomic mass is 19.4. The van der Waals surface area contributed by atoms with Crippen LogP contribution in [0.5, 0.6) is 0 Å². The van der Waals surface area contributed by atoms with Crippen molar-refractivity contribution in [2.75, 3.05) is 0 Å². The van der Waals surface area contributed by atoms with Gasteiger partial charge >= 0.3 is 37.1 Å². The maximum atomic E-state index is 15.4. The molecule has 3 nitrogen and oxygen atoms in total. The first kappa shape index (κ1) is 49.1. The Hall–Kier alpha value is -6.54. The zero-order chi connectivity index (χ0) is 49.0. The van der Waals surface area contributed by atoms with E-state index in [1.165, 1.54) is 0 Å². The molecule has 0 saturated heterocycles. The molecule has 0 atom stereocenters. The number of nitriles is 3. The topological polar surface area (TPSA) is 71.4 Å². The van der Waals surface area contributed by atoms with E-state index in [0.717, 1.165) is 0 Å². The summed E-state index contributed by atoms with van der Waals surface area (Å²) in [5.41, 5.74) is -49.8. The van der Waals surface area contributed by atoms with Crippen molar-refractivity contribution >= 4 is 16.7 Å². The lowest BCUT2D eigenvalue weighted by atomic mass is 9.92. The van der Waals surface area contributed by atoms with Gasteiger partial charge in [-0.1, -0.05) is 0 Å². The Morgan fingerprint density at radius 3 is 0.540 bits per heavy atom. The van der Waals surface area contributed by atoms with E-state index in [1.807, 2.05) is 0 Å². The standard InChI is InChI=1S/C33F27N3/c34-19-10(13(28(43,44)45)22(37)16(25(19)40)31(52,53)54)4(1-61)7-8(5(2-62)11-14(29(46,47)48)23(38)17(32(55,56)57)26(41)20(11)35)9(7)6(3-63)12-15(30(49,50)51)24(39)18(33(58,59)60)27(42)21(12)36. The van der Waals surface area contributed by atoms with E-state index < -0.39 is 173 Å². The minimum absolute atomic E-state index is 0.202. The third-order valence-corrected chi connectivity index (χ3v) is 8.19. The van der Waals surface area contributed by atoms with Crippen LogP contribution in [0.3, 0.4) is 0 Å². The fraction of sp³-hybridized carbons (Fsp3) is 0.182. The number of hydrogen-bond donors (Lipinski definition) is 0. The highest BCUT2D eigenvalue weighted by Gasteiger charge is 2.55. The van der Waals surface area contributed by atoms with Gasteiger partial charge in [0.15, 0.2) is 52.4 Å². The van der Waals surface area contributed by atoms with Crippen molar-refractivity contribution < 1.29 is 119 Å². The van der Waals surface area contributed by atoms with Crippen molar-refractivity contribution in [3.63, 3.8) is 0 Å². The fourth-order valence-corrected chi connectivity index (χ4v) is 5.88. The molecule has 1 saturated carbocycles. The van der Waals surface area contributed by atoms with Gasteiger partial charge in [0, 0.05) is 33.4 Å². The predicted molar refractivity (Wildman–Crippen MR) is 147 cm³/mol. The summed E-state index contributed by atoms with van der Waals surface area (Å²) in [6.45, 7) is 0. The Kier molecular flexibility index (Phi) is 11.8. The maximum absolute atomic E-state index is 15.4. The van der Waals surface area contributed by atoms with E-state index in [-0.39, 0.29) is 18.2 Å². The van der Waals surface area contributed by atoms with Gasteiger partial charge in [-0.15, -0.1) is 0 Å². The molecule has 0 unspecified atom stereocenters. The summed E-state index contributed by atoms with van der Waals surface area (Å²) in [5, 5.41) is 29.4. The number of benzene rings is 3. The highest BCUT2D eigenvalue weighted by molar-refractivity contribution is 6.13. The molecule has 336 valence electrons.